The number of benzene rings is 1. The van der Waals surface area contributed by atoms with Gasteiger partial charge in [-0.25, -0.2) is 0 Å². The fourth-order valence-electron chi connectivity index (χ4n) is 1.41. The molecule has 5 heteroatoms. The highest BCUT2D eigenvalue weighted by atomic mass is 32.2. The van der Waals surface area contributed by atoms with Crippen molar-refractivity contribution in [1.29, 1.82) is 0 Å². The van der Waals surface area contributed by atoms with E-state index in [2.05, 4.69) is 16.4 Å². The summed E-state index contributed by atoms with van der Waals surface area (Å²) in [5.41, 5.74) is 7.35. The van der Waals surface area contributed by atoms with Gasteiger partial charge < -0.3 is 16.3 Å². The number of nitrogens with zero attached hydrogens (tertiary/aromatic N) is 1. The minimum absolute atomic E-state index is 0.126. The fraction of sp³-hybridized carbons (Fsp3) is 0.308. The molecule has 0 atom stereocenters. The standard InChI is InChI=1S/C13H17N3OS/c1-2-7-18-8-6-15-10-11-4-3-5-12(9-11)13(14)16-17/h1,3-5,9,15,17H,6-8,10H2,(H2,14,16). The van der Waals surface area contributed by atoms with Gasteiger partial charge in [-0.2, -0.15) is 0 Å². The molecular weight excluding hydrogens is 246 g/mol. The molecule has 0 unspecified atom stereocenters. The molecule has 0 aliphatic rings. The summed E-state index contributed by atoms with van der Waals surface area (Å²) in [6, 6.07) is 7.59. The lowest BCUT2D eigenvalue weighted by molar-refractivity contribution is 0.318. The van der Waals surface area contributed by atoms with Crippen LogP contribution >= 0.6 is 11.8 Å². The second-order valence-corrected chi connectivity index (χ2v) is 4.72. The Bertz CT molecular complexity index is 440. The quantitative estimate of drug-likeness (QED) is 0.173. The number of oxime groups is 1. The third kappa shape index (κ3) is 5.13. The van der Waals surface area contributed by atoms with Gasteiger partial charge in [0.25, 0.3) is 0 Å². The van der Waals surface area contributed by atoms with Gasteiger partial charge in [-0.05, 0) is 11.6 Å². The van der Waals surface area contributed by atoms with Crippen LogP contribution in [0.4, 0.5) is 0 Å². The van der Waals surface area contributed by atoms with Crippen LogP contribution in [0.3, 0.4) is 0 Å². The largest absolute Gasteiger partial charge is 0.409 e. The van der Waals surface area contributed by atoms with E-state index in [0.717, 1.165) is 35.7 Å². The molecule has 0 aliphatic carbocycles. The zero-order chi connectivity index (χ0) is 13.2. The zero-order valence-corrected chi connectivity index (χ0v) is 10.9. The van der Waals surface area contributed by atoms with Gasteiger partial charge in [0.05, 0.1) is 5.75 Å². The van der Waals surface area contributed by atoms with E-state index in [4.69, 9.17) is 17.4 Å². The number of nitrogens with one attached hydrogen (secondary N) is 1. The first-order chi connectivity index (χ1) is 8.77. The minimum Gasteiger partial charge on any atom is -0.409 e. The molecule has 0 bridgehead atoms. The van der Waals surface area contributed by atoms with Crippen molar-refractivity contribution in [3.05, 3.63) is 35.4 Å². The van der Waals surface area contributed by atoms with E-state index in [0.29, 0.717) is 0 Å². The summed E-state index contributed by atoms with van der Waals surface area (Å²) >= 11 is 1.73. The van der Waals surface area contributed by atoms with E-state index >= 15 is 0 Å². The van der Waals surface area contributed by atoms with Crippen molar-refractivity contribution in [3.63, 3.8) is 0 Å². The molecule has 1 aromatic carbocycles. The van der Waals surface area contributed by atoms with Crippen LogP contribution in [0.5, 0.6) is 0 Å². The van der Waals surface area contributed by atoms with E-state index in [9.17, 15) is 0 Å². The Kier molecular flexibility index (Phi) is 6.77. The number of rotatable bonds is 7. The van der Waals surface area contributed by atoms with Crippen molar-refractivity contribution in [2.24, 2.45) is 10.9 Å². The third-order valence-corrected chi connectivity index (χ3v) is 3.13. The predicted octanol–water partition coefficient (Wildman–Crippen LogP) is 1.24. The van der Waals surface area contributed by atoms with Crippen molar-refractivity contribution in [1.82, 2.24) is 5.32 Å². The molecule has 1 rings (SSSR count). The Morgan fingerprint density at radius 3 is 3.11 bits per heavy atom. The molecular formula is C13H17N3OS. The smallest absolute Gasteiger partial charge is 0.170 e. The first-order valence-electron chi connectivity index (χ1n) is 5.56. The Morgan fingerprint density at radius 2 is 2.39 bits per heavy atom. The normalized spacial score (nSPS) is 11.2. The van der Waals surface area contributed by atoms with Gasteiger partial charge in [-0.15, -0.1) is 18.2 Å². The Balaban J connectivity index is 2.37. The van der Waals surface area contributed by atoms with Gasteiger partial charge >= 0.3 is 0 Å². The molecule has 0 saturated heterocycles. The monoisotopic (exact) mass is 263 g/mol. The molecule has 4 nitrogen and oxygen atoms in total. The lowest BCUT2D eigenvalue weighted by atomic mass is 10.1. The Morgan fingerprint density at radius 1 is 1.56 bits per heavy atom. The average Bonchev–Trinajstić information content (AvgIpc) is 2.42. The van der Waals surface area contributed by atoms with Gasteiger partial charge in [0, 0.05) is 24.4 Å². The lowest BCUT2D eigenvalue weighted by Gasteiger charge is -2.06. The van der Waals surface area contributed by atoms with Crippen LogP contribution in [0.1, 0.15) is 11.1 Å². The zero-order valence-electron chi connectivity index (χ0n) is 10.1. The van der Waals surface area contributed by atoms with Crippen LogP contribution in [-0.4, -0.2) is 29.1 Å². The SMILES string of the molecule is C#CCSCCNCc1cccc(/C(N)=N\O)c1. The van der Waals surface area contributed by atoms with Crippen molar-refractivity contribution >= 4 is 17.6 Å². The summed E-state index contributed by atoms with van der Waals surface area (Å²) in [4.78, 5) is 0. The second-order valence-electron chi connectivity index (χ2n) is 3.62. The van der Waals surface area contributed by atoms with Crippen molar-refractivity contribution in [2.75, 3.05) is 18.1 Å². The van der Waals surface area contributed by atoms with Crippen LogP contribution in [0.15, 0.2) is 29.4 Å². The first kappa shape index (κ1) is 14.4. The Labute approximate surface area is 112 Å². The summed E-state index contributed by atoms with van der Waals surface area (Å²) in [5, 5.41) is 14.9. The maximum atomic E-state index is 8.60. The molecule has 0 amide bonds. The van der Waals surface area contributed by atoms with Gasteiger partial charge in [-0.1, -0.05) is 29.3 Å². The van der Waals surface area contributed by atoms with Crippen molar-refractivity contribution in [3.8, 4) is 12.3 Å². The van der Waals surface area contributed by atoms with E-state index in [1.165, 1.54) is 0 Å². The number of amidine groups is 1. The molecule has 0 saturated carbocycles. The maximum Gasteiger partial charge on any atom is 0.170 e. The minimum atomic E-state index is 0.126. The maximum absolute atomic E-state index is 8.60. The highest BCUT2D eigenvalue weighted by Gasteiger charge is 2.00. The van der Waals surface area contributed by atoms with Crippen LogP contribution in [0.25, 0.3) is 0 Å². The van der Waals surface area contributed by atoms with E-state index < -0.39 is 0 Å². The van der Waals surface area contributed by atoms with Crippen molar-refractivity contribution in [2.45, 2.75) is 6.54 Å². The predicted molar refractivity (Wildman–Crippen MR) is 76.8 cm³/mol. The van der Waals surface area contributed by atoms with E-state index in [1.807, 2.05) is 18.2 Å². The van der Waals surface area contributed by atoms with Gasteiger partial charge in [-0.3, -0.25) is 0 Å². The summed E-state index contributed by atoms with van der Waals surface area (Å²) in [6.45, 7) is 1.66. The van der Waals surface area contributed by atoms with E-state index in [1.54, 1.807) is 17.8 Å². The molecule has 18 heavy (non-hydrogen) atoms. The number of hydrogen-bond donors (Lipinski definition) is 3. The fourth-order valence-corrected chi connectivity index (χ4v) is 1.96. The summed E-state index contributed by atoms with van der Waals surface area (Å²) in [6.07, 6.45) is 5.16. The molecule has 0 heterocycles. The molecule has 0 aliphatic heterocycles. The third-order valence-electron chi connectivity index (χ3n) is 2.27. The van der Waals surface area contributed by atoms with Crippen LogP contribution in [0.2, 0.25) is 0 Å². The van der Waals surface area contributed by atoms with Gasteiger partial charge in [0.15, 0.2) is 5.84 Å². The highest BCUT2D eigenvalue weighted by molar-refractivity contribution is 7.99. The molecule has 0 aromatic heterocycles. The van der Waals surface area contributed by atoms with Gasteiger partial charge in [0.2, 0.25) is 0 Å². The molecule has 0 fully saturated rings. The topological polar surface area (TPSA) is 70.6 Å². The first-order valence-corrected chi connectivity index (χ1v) is 6.72. The van der Waals surface area contributed by atoms with Crippen LogP contribution in [0, 0.1) is 12.3 Å². The lowest BCUT2D eigenvalue weighted by Crippen LogP contribution is -2.18. The van der Waals surface area contributed by atoms with Crippen LogP contribution < -0.4 is 11.1 Å². The molecule has 96 valence electrons. The van der Waals surface area contributed by atoms with Gasteiger partial charge in [0.1, 0.15) is 0 Å². The number of nitrogens with two attached hydrogens (primary N) is 1. The number of hydrogen-bond acceptors (Lipinski definition) is 4. The Hall–Kier alpha value is -1.64. The second kappa shape index (κ2) is 8.45. The van der Waals surface area contributed by atoms with Crippen LogP contribution in [-0.2, 0) is 6.54 Å². The number of thioether (sulfide) groups is 1. The summed E-state index contributed by atoms with van der Waals surface area (Å²) in [7, 11) is 0. The molecule has 0 radical (unpaired) electrons. The summed E-state index contributed by atoms with van der Waals surface area (Å²) in [5.74, 6) is 4.45. The van der Waals surface area contributed by atoms with Crippen molar-refractivity contribution < 1.29 is 5.21 Å². The number of terminal acetylenes is 1. The average molecular weight is 263 g/mol. The molecule has 4 N–H and O–H groups in total. The molecule has 1 aromatic rings. The molecule has 0 spiro atoms. The highest BCUT2D eigenvalue weighted by Crippen LogP contribution is 2.05. The summed E-state index contributed by atoms with van der Waals surface area (Å²) < 4.78 is 0. The van der Waals surface area contributed by atoms with E-state index in [-0.39, 0.29) is 5.84 Å².